The Morgan fingerprint density at radius 2 is 1.17 bits per heavy atom. The molecule has 0 aliphatic carbocycles. The second kappa shape index (κ2) is 6.95. The molecule has 0 bridgehead atoms. The van der Waals surface area contributed by atoms with Crippen molar-refractivity contribution in [2.45, 2.75) is 6.16 Å². The average molecular weight is 327 g/mol. The Balaban J connectivity index is 1.73. The number of rotatable bonds is 4. The van der Waals surface area contributed by atoms with Crippen LogP contribution in [0.1, 0.15) is 5.69 Å². The van der Waals surface area contributed by atoms with Crippen molar-refractivity contribution in [3.63, 3.8) is 0 Å². The lowest BCUT2D eigenvalue weighted by Gasteiger charge is -2.18. The summed E-state index contributed by atoms with van der Waals surface area (Å²) in [6, 6.07) is 34.3. The molecule has 2 heteroatoms. The highest BCUT2D eigenvalue weighted by molar-refractivity contribution is 7.72. The summed E-state index contributed by atoms with van der Waals surface area (Å²) < 4.78 is 0. The SMILES string of the molecule is c1ccc(P(Cc2ccc3ccccc3n2)c2ccccc2)cc1. The molecule has 1 heterocycles. The normalized spacial score (nSPS) is 11.0. The zero-order valence-electron chi connectivity index (χ0n) is 13.3. The van der Waals surface area contributed by atoms with Crippen LogP contribution in [-0.2, 0) is 6.16 Å². The molecule has 0 spiro atoms. The molecule has 1 nitrogen and oxygen atoms in total. The summed E-state index contributed by atoms with van der Waals surface area (Å²) >= 11 is 0. The van der Waals surface area contributed by atoms with Crippen LogP contribution in [0.4, 0.5) is 0 Å². The van der Waals surface area contributed by atoms with Crippen LogP contribution in [0.25, 0.3) is 10.9 Å². The molecule has 0 fully saturated rings. The molecule has 0 radical (unpaired) electrons. The van der Waals surface area contributed by atoms with Crippen molar-refractivity contribution >= 4 is 29.4 Å². The molecule has 0 unspecified atom stereocenters. The van der Waals surface area contributed by atoms with Crippen molar-refractivity contribution in [3.8, 4) is 0 Å². The van der Waals surface area contributed by atoms with Gasteiger partial charge in [0.25, 0.3) is 0 Å². The highest BCUT2D eigenvalue weighted by Crippen LogP contribution is 2.37. The van der Waals surface area contributed by atoms with Gasteiger partial charge >= 0.3 is 0 Å². The number of benzene rings is 3. The van der Waals surface area contributed by atoms with E-state index < -0.39 is 7.92 Å². The lowest BCUT2D eigenvalue weighted by Crippen LogP contribution is -2.13. The Kier molecular flexibility index (Phi) is 4.36. The smallest absolute Gasteiger partial charge is 0.0705 e. The molecule has 4 aromatic rings. The summed E-state index contributed by atoms with van der Waals surface area (Å²) in [6.07, 6.45) is 0.966. The topological polar surface area (TPSA) is 12.9 Å². The molecule has 1 aromatic heterocycles. The molecular weight excluding hydrogens is 309 g/mol. The molecule has 0 saturated carbocycles. The van der Waals surface area contributed by atoms with Gasteiger partial charge in [0.15, 0.2) is 0 Å². The van der Waals surface area contributed by atoms with Gasteiger partial charge in [-0.3, -0.25) is 4.98 Å². The first kappa shape index (κ1) is 15.1. The zero-order chi connectivity index (χ0) is 16.2. The van der Waals surface area contributed by atoms with E-state index in [-0.39, 0.29) is 0 Å². The van der Waals surface area contributed by atoms with Crippen LogP contribution in [-0.4, -0.2) is 4.98 Å². The molecule has 116 valence electrons. The van der Waals surface area contributed by atoms with Crippen molar-refractivity contribution in [3.05, 3.63) is 103 Å². The van der Waals surface area contributed by atoms with Gasteiger partial charge in [-0.05, 0) is 30.7 Å². The molecule has 0 N–H and O–H groups in total. The Morgan fingerprint density at radius 1 is 0.583 bits per heavy atom. The average Bonchev–Trinajstić information content (AvgIpc) is 2.67. The predicted molar refractivity (Wildman–Crippen MR) is 105 cm³/mol. The van der Waals surface area contributed by atoms with Crippen LogP contribution in [0, 0.1) is 0 Å². The van der Waals surface area contributed by atoms with E-state index in [1.54, 1.807) is 0 Å². The van der Waals surface area contributed by atoms with Crippen LogP contribution >= 0.6 is 7.92 Å². The summed E-state index contributed by atoms with van der Waals surface area (Å²) in [6.45, 7) is 0. The van der Waals surface area contributed by atoms with E-state index in [9.17, 15) is 0 Å². The predicted octanol–water partition coefficient (Wildman–Crippen LogP) is 4.87. The van der Waals surface area contributed by atoms with Gasteiger partial charge in [0.2, 0.25) is 0 Å². The monoisotopic (exact) mass is 327 g/mol. The maximum Gasteiger partial charge on any atom is 0.0705 e. The third kappa shape index (κ3) is 3.22. The molecule has 4 rings (SSSR count). The van der Waals surface area contributed by atoms with Gasteiger partial charge in [0.1, 0.15) is 0 Å². The number of pyridine rings is 1. The quantitative estimate of drug-likeness (QED) is 0.487. The van der Waals surface area contributed by atoms with E-state index in [1.165, 1.54) is 16.0 Å². The largest absolute Gasteiger partial charge is 0.252 e. The van der Waals surface area contributed by atoms with Crippen molar-refractivity contribution in [2.75, 3.05) is 0 Å². The zero-order valence-corrected chi connectivity index (χ0v) is 14.2. The van der Waals surface area contributed by atoms with Gasteiger partial charge in [-0.1, -0.05) is 84.9 Å². The maximum absolute atomic E-state index is 4.88. The summed E-state index contributed by atoms with van der Waals surface area (Å²) in [7, 11) is -0.445. The van der Waals surface area contributed by atoms with E-state index in [2.05, 4.69) is 97.1 Å². The molecule has 0 atom stereocenters. The first-order valence-electron chi connectivity index (χ1n) is 8.12. The van der Waals surface area contributed by atoms with E-state index >= 15 is 0 Å². The Bertz CT molecular complexity index is 896. The van der Waals surface area contributed by atoms with Gasteiger partial charge in [0, 0.05) is 17.2 Å². The summed E-state index contributed by atoms with van der Waals surface area (Å²) in [5.41, 5.74) is 2.23. The van der Waals surface area contributed by atoms with Crippen molar-refractivity contribution in [1.29, 1.82) is 0 Å². The summed E-state index contributed by atoms with van der Waals surface area (Å²) in [4.78, 5) is 4.88. The lowest BCUT2D eigenvalue weighted by atomic mass is 10.2. The first-order valence-corrected chi connectivity index (χ1v) is 9.65. The van der Waals surface area contributed by atoms with Gasteiger partial charge in [0.05, 0.1) is 5.52 Å². The standard InChI is InChI=1S/C22H18NP/c1-3-10-20(11-4-1)24(21-12-5-2-6-13-21)17-19-16-15-18-9-7-8-14-22(18)23-19/h1-16H,17H2. The fourth-order valence-electron chi connectivity index (χ4n) is 2.91. The third-order valence-corrected chi connectivity index (χ3v) is 6.60. The number of hydrogen-bond donors (Lipinski definition) is 0. The van der Waals surface area contributed by atoms with E-state index in [0.29, 0.717) is 0 Å². The van der Waals surface area contributed by atoms with E-state index in [0.717, 1.165) is 17.4 Å². The number of nitrogens with zero attached hydrogens (tertiary/aromatic N) is 1. The molecule has 0 aliphatic heterocycles. The van der Waals surface area contributed by atoms with Crippen LogP contribution in [0.3, 0.4) is 0 Å². The third-order valence-electron chi connectivity index (χ3n) is 4.11. The minimum Gasteiger partial charge on any atom is -0.252 e. The highest BCUT2D eigenvalue weighted by atomic mass is 31.1. The molecule has 0 saturated heterocycles. The number of aromatic nitrogens is 1. The van der Waals surface area contributed by atoms with Gasteiger partial charge in [-0.2, -0.15) is 0 Å². The lowest BCUT2D eigenvalue weighted by molar-refractivity contribution is 1.22. The van der Waals surface area contributed by atoms with Gasteiger partial charge in [-0.25, -0.2) is 0 Å². The van der Waals surface area contributed by atoms with Crippen LogP contribution in [0.2, 0.25) is 0 Å². The molecule has 0 aliphatic rings. The molecule has 24 heavy (non-hydrogen) atoms. The Morgan fingerprint density at radius 3 is 1.83 bits per heavy atom. The van der Waals surface area contributed by atoms with Crippen LogP contribution in [0.15, 0.2) is 97.1 Å². The second-order valence-corrected chi connectivity index (χ2v) is 7.96. The molecular formula is C22H18NP. The van der Waals surface area contributed by atoms with Gasteiger partial charge in [-0.15, -0.1) is 0 Å². The second-order valence-electron chi connectivity index (χ2n) is 5.75. The number of hydrogen-bond acceptors (Lipinski definition) is 1. The summed E-state index contributed by atoms with van der Waals surface area (Å²) in [5, 5.41) is 3.99. The minimum atomic E-state index is -0.445. The number of para-hydroxylation sites is 1. The van der Waals surface area contributed by atoms with Crippen LogP contribution < -0.4 is 10.6 Å². The summed E-state index contributed by atoms with van der Waals surface area (Å²) in [5.74, 6) is 0. The molecule has 3 aromatic carbocycles. The van der Waals surface area contributed by atoms with Crippen molar-refractivity contribution < 1.29 is 0 Å². The highest BCUT2D eigenvalue weighted by Gasteiger charge is 2.15. The minimum absolute atomic E-state index is 0.445. The van der Waals surface area contributed by atoms with Crippen molar-refractivity contribution in [2.24, 2.45) is 0 Å². The fourth-order valence-corrected chi connectivity index (χ4v) is 5.13. The Hall–Kier alpha value is -2.50. The first-order chi connectivity index (χ1) is 11.9. The maximum atomic E-state index is 4.88. The van der Waals surface area contributed by atoms with Crippen molar-refractivity contribution in [1.82, 2.24) is 4.98 Å². The number of fused-ring (bicyclic) bond motifs is 1. The van der Waals surface area contributed by atoms with Crippen LogP contribution in [0.5, 0.6) is 0 Å². The molecule has 0 amide bonds. The van der Waals surface area contributed by atoms with Gasteiger partial charge < -0.3 is 0 Å². The van der Waals surface area contributed by atoms with E-state index in [4.69, 9.17) is 4.98 Å². The Labute approximate surface area is 143 Å². The van der Waals surface area contributed by atoms with E-state index in [1.807, 2.05) is 0 Å². The fraction of sp³-hybridized carbons (Fsp3) is 0.0455.